The molecule has 0 radical (unpaired) electrons. The minimum absolute atomic E-state index is 0. The van der Waals surface area contributed by atoms with E-state index in [9.17, 15) is 4.79 Å². The van der Waals surface area contributed by atoms with Gasteiger partial charge in [-0.2, -0.15) is 0 Å². The van der Waals surface area contributed by atoms with Crippen molar-refractivity contribution in [1.82, 2.24) is 4.90 Å². The lowest BCUT2D eigenvalue weighted by atomic mass is 9.77. The van der Waals surface area contributed by atoms with Gasteiger partial charge >= 0.3 is 5.97 Å². The molecule has 158 valence electrons. The Morgan fingerprint density at radius 1 is 1.13 bits per heavy atom. The number of piperidine rings is 1. The van der Waals surface area contributed by atoms with Crippen LogP contribution >= 0.6 is 0 Å². The van der Waals surface area contributed by atoms with Crippen molar-refractivity contribution in [2.45, 2.75) is 50.8 Å². The predicted molar refractivity (Wildman–Crippen MR) is 122 cm³/mol. The molecule has 31 heavy (non-hydrogen) atoms. The summed E-state index contributed by atoms with van der Waals surface area (Å²) in [6, 6.07) is 12.9. The van der Waals surface area contributed by atoms with Crippen molar-refractivity contribution < 1.29 is 14.3 Å². The Kier molecular flexibility index (Phi) is 4.68. The van der Waals surface area contributed by atoms with Crippen LogP contribution in [0, 0.1) is 11.8 Å². The molecule has 6 rings (SSSR count). The van der Waals surface area contributed by atoms with Gasteiger partial charge in [-0.15, -0.1) is 0 Å². The van der Waals surface area contributed by atoms with Crippen molar-refractivity contribution >= 4 is 16.7 Å². The Bertz CT molecular complexity index is 1200. The fourth-order valence-corrected chi connectivity index (χ4v) is 5.74. The van der Waals surface area contributed by atoms with E-state index < -0.39 is 5.60 Å². The van der Waals surface area contributed by atoms with Gasteiger partial charge in [0.1, 0.15) is 5.75 Å². The first-order valence-electron chi connectivity index (χ1n) is 10.7. The fourth-order valence-electron chi connectivity index (χ4n) is 5.74. The van der Waals surface area contributed by atoms with Gasteiger partial charge in [-0.05, 0) is 54.4 Å². The summed E-state index contributed by atoms with van der Waals surface area (Å²) in [6.45, 7) is 1.08. The highest BCUT2D eigenvalue weighted by Gasteiger charge is 2.61. The van der Waals surface area contributed by atoms with Gasteiger partial charge in [0, 0.05) is 35.2 Å². The smallest absolute Gasteiger partial charge is 0.332 e. The molecule has 3 aliphatic heterocycles. The molecule has 1 spiro atoms. The first-order valence-corrected chi connectivity index (χ1v) is 10.7. The number of benzene rings is 2. The average Bonchev–Trinajstić information content (AvgIpc) is 3.26. The minimum atomic E-state index is -0.485. The highest BCUT2D eigenvalue weighted by Crippen LogP contribution is 2.53. The summed E-state index contributed by atoms with van der Waals surface area (Å²) >= 11 is 0. The summed E-state index contributed by atoms with van der Waals surface area (Å²) in [5.41, 5.74) is 2.43. The highest BCUT2D eigenvalue weighted by molar-refractivity contribution is 5.90. The number of esters is 1. The van der Waals surface area contributed by atoms with Gasteiger partial charge < -0.3 is 9.47 Å². The number of fused-ring (bicyclic) bond motifs is 4. The van der Waals surface area contributed by atoms with E-state index in [1.807, 2.05) is 18.2 Å². The van der Waals surface area contributed by atoms with E-state index in [1.165, 1.54) is 12.8 Å². The first kappa shape index (κ1) is 19.9. The minimum Gasteiger partial charge on any atom is -0.497 e. The number of carbonyl (C=O) groups excluding carboxylic acids is 1. The van der Waals surface area contributed by atoms with Crippen LogP contribution < -0.4 is 4.74 Å². The molecule has 3 atom stereocenters. The molecule has 2 aromatic carbocycles. The maximum Gasteiger partial charge on any atom is 0.332 e. The number of methoxy groups -OCH3 is 1. The standard InChI is InChI=1S/C26H23NO3.CH4/c1-29-22-10-9-18-12-17(5-7-19(18)14-22)6-8-20-13-21-16-26(23(20)15-25(28)30-26)24-4-2-3-11-27(21)24;/h5,7,9-10,12-15,21,24H,2-4,11,16H2,1H3;1H4/t21-,24-,26+;/m1./s1. The van der Waals surface area contributed by atoms with E-state index >= 15 is 0 Å². The number of rotatable bonds is 1. The number of ether oxygens (including phenoxy) is 2. The summed E-state index contributed by atoms with van der Waals surface area (Å²) in [6.07, 6.45) is 8.32. The predicted octanol–water partition coefficient (Wildman–Crippen LogP) is 4.62. The second-order valence-electron chi connectivity index (χ2n) is 8.65. The third-order valence-electron chi connectivity index (χ3n) is 7.06. The molecule has 3 heterocycles. The quantitative estimate of drug-likeness (QED) is 0.505. The van der Waals surface area contributed by atoms with Gasteiger partial charge in [-0.3, -0.25) is 4.90 Å². The molecule has 0 saturated carbocycles. The van der Waals surface area contributed by atoms with Crippen molar-refractivity contribution in [3.8, 4) is 17.6 Å². The van der Waals surface area contributed by atoms with Crippen LogP contribution in [-0.2, 0) is 9.53 Å². The van der Waals surface area contributed by atoms with Crippen molar-refractivity contribution in [2.75, 3.05) is 13.7 Å². The molecule has 4 nitrogen and oxygen atoms in total. The summed E-state index contributed by atoms with van der Waals surface area (Å²) < 4.78 is 11.3. The van der Waals surface area contributed by atoms with E-state index in [1.54, 1.807) is 13.2 Å². The lowest BCUT2D eigenvalue weighted by Crippen LogP contribution is -2.48. The van der Waals surface area contributed by atoms with Crippen molar-refractivity contribution in [2.24, 2.45) is 0 Å². The molecular weight excluding hydrogens is 386 g/mol. The van der Waals surface area contributed by atoms with Crippen LogP contribution in [0.4, 0.5) is 0 Å². The zero-order valence-corrected chi connectivity index (χ0v) is 17.0. The molecule has 0 aromatic heterocycles. The Labute approximate surface area is 183 Å². The largest absolute Gasteiger partial charge is 0.497 e. The zero-order chi connectivity index (χ0) is 20.3. The van der Waals surface area contributed by atoms with Gasteiger partial charge in [0.25, 0.3) is 0 Å². The van der Waals surface area contributed by atoms with Crippen LogP contribution in [-0.4, -0.2) is 42.2 Å². The SMILES string of the molecule is C.COc1ccc2cc(C#CC3=C[C@@H]4C[C@@]5(OC(=O)C=C35)[C@H]3CCCCN43)ccc2c1. The summed E-state index contributed by atoms with van der Waals surface area (Å²) in [7, 11) is 1.68. The first-order chi connectivity index (χ1) is 14.7. The molecule has 4 aliphatic rings. The van der Waals surface area contributed by atoms with Crippen LogP contribution in [0.25, 0.3) is 10.8 Å². The van der Waals surface area contributed by atoms with E-state index in [4.69, 9.17) is 9.47 Å². The van der Waals surface area contributed by atoms with Crippen molar-refractivity contribution in [1.29, 1.82) is 0 Å². The van der Waals surface area contributed by atoms with Gasteiger partial charge in [-0.25, -0.2) is 4.79 Å². The van der Waals surface area contributed by atoms with Crippen LogP contribution in [0.15, 0.2) is 59.7 Å². The molecule has 1 aliphatic carbocycles. The van der Waals surface area contributed by atoms with E-state index in [2.05, 4.69) is 41.0 Å². The molecular formula is C27H27NO3. The average molecular weight is 414 g/mol. The molecule has 2 saturated heterocycles. The van der Waals surface area contributed by atoms with Gasteiger partial charge in [-0.1, -0.05) is 43.9 Å². The second-order valence-corrected chi connectivity index (χ2v) is 8.65. The van der Waals surface area contributed by atoms with E-state index in [0.717, 1.165) is 52.6 Å². The van der Waals surface area contributed by atoms with E-state index in [-0.39, 0.29) is 13.4 Å². The van der Waals surface area contributed by atoms with Gasteiger partial charge in [0.15, 0.2) is 5.60 Å². The fraction of sp³-hybridized carbons (Fsp3) is 0.370. The normalized spacial score (nSPS) is 28.4. The Hall–Kier alpha value is -3.03. The Morgan fingerprint density at radius 3 is 2.84 bits per heavy atom. The number of carbonyl (C=O) groups is 1. The number of hydrogen-bond donors (Lipinski definition) is 0. The molecule has 0 amide bonds. The topological polar surface area (TPSA) is 38.8 Å². The monoisotopic (exact) mass is 413 g/mol. The van der Waals surface area contributed by atoms with E-state index in [0.29, 0.717) is 12.1 Å². The van der Waals surface area contributed by atoms with Crippen LogP contribution in [0.3, 0.4) is 0 Å². The third kappa shape index (κ3) is 2.99. The molecule has 4 heteroatoms. The third-order valence-corrected chi connectivity index (χ3v) is 7.06. The lowest BCUT2D eigenvalue weighted by molar-refractivity contribution is -0.148. The molecule has 2 aromatic rings. The molecule has 2 fully saturated rings. The molecule has 0 unspecified atom stereocenters. The number of hydrogen-bond acceptors (Lipinski definition) is 4. The van der Waals surface area contributed by atoms with Crippen molar-refractivity contribution in [3.05, 3.63) is 65.3 Å². The maximum atomic E-state index is 12.3. The summed E-state index contributed by atoms with van der Waals surface area (Å²) in [5.74, 6) is 7.35. The van der Waals surface area contributed by atoms with Crippen LogP contribution in [0.2, 0.25) is 0 Å². The second kappa shape index (κ2) is 7.28. The molecule has 2 bridgehead atoms. The van der Waals surface area contributed by atoms with Gasteiger partial charge in [0.2, 0.25) is 0 Å². The van der Waals surface area contributed by atoms with Crippen LogP contribution in [0.5, 0.6) is 5.75 Å². The highest BCUT2D eigenvalue weighted by atomic mass is 16.6. The van der Waals surface area contributed by atoms with Crippen molar-refractivity contribution in [3.63, 3.8) is 0 Å². The Morgan fingerprint density at radius 2 is 1.97 bits per heavy atom. The van der Waals surface area contributed by atoms with Gasteiger partial charge in [0.05, 0.1) is 13.2 Å². The number of nitrogens with zero attached hydrogens (tertiary/aromatic N) is 1. The Balaban J connectivity index is 0.00000204. The summed E-state index contributed by atoms with van der Waals surface area (Å²) in [4.78, 5) is 14.8. The lowest BCUT2D eigenvalue weighted by Gasteiger charge is -2.38. The maximum absolute atomic E-state index is 12.3. The molecule has 0 N–H and O–H groups in total. The zero-order valence-electron chi connectivity index (χ0n) is 17.0. The van der Waals surface area contributed by atoms with Crippen LogP contribution in [0.1, 0.15) is 38.7 Å². The summed E-state index contributed by atoms with van der Waals surface area (Å²) in [5, 5.41) is 2.26.